The molecule has 2 aliphatic rings. The van der Waals surface area contributed by atoms with E-state index in [0.717, 1.165) is 28.7 Å². The van der Waals surface area contributed by atoms with E-state index in [-0.39, 0.29) is 17.0 Å². The van der Waals surface area contributed by atoms with Crippen LogP contribution in [0.4, 0.5) is 5.69 Å². The fourth-order valence-corrected chi connectivity index (χ4v) is 4.17. The molecule has 0 bridgehead atoms. The summed E-state index contributed by atoms with van der Waals surface area (Å²) < 4.78 is 3.43. The van der Waals surface area contributed by atoms with Crippen LogP contribution in [0.5, 0.6) is 0 Å². The molecule has 4 rings (SSSR count). The minimum atomic E-state index is -1.01. The second-order valence-electron chi connectivity index (χ2n) is 6.64. The van der Waals surface area contributed by atoms with Gasteiger partial charge in [-0.3, -0.25) is 4.58 Å². The van der Waals surface area contributed by atoms with E-state index in [1.165, 1.54) is 25.1 Å². The first-order valence-electron chi connectivity index (χ1n) is 8.63. The van der Waals surface area contributed by atoms with Crippen LogP contribution in [0.15, 0.2) is 59.1 Å². The van der Waals surface area contributed by atoms with Crippen LogP contribution < -0.4 is 21.9 Å². The Morgan fingerprint density at radius 1 is 0.960 bits per heavy atom. The van der Waals surface area contributed by atoms with Gasteiger partial charge in [0.2, 0.25) is 0 Å². The highest BCUT2D eigenvalue weighted by Crippen LogP contribution is 2.38. The molecule has 2 aromatic rings. The molecule has 0 saturated carbocycles. The summed E-state index contributed by atoms with van der Waals surface area (Å²) in [5.41, 5.74) is 0.985. The molecule has 25 heavy (non-hydrogen) atoms. The second kappa shape index (κ2) is 7.60. The highest BCUT2D eigenvalue weighted by molar-refractivity contribution is 9.10. The van der Waals surface area contributed by atoms with E-state index >= 15 is 0 Å². The molecule has 5 heteroatoms. The molecule has 3 nitrogen and oxygen atoms in total. The predicted octanol–water partition coefficient (Wildman–Crippen LogP) is 1.10. The molecule has 0 saturated heterocycles. The van der Waals surface area contributed by atoms with Gasteiger partial charge >= 0.3 is 0 Å². The number of hydrogen-bond acceptors (Lipinski definition) is 2. The number of nitrogens with zero attached hydrogens (tertiary/aromatic N) is 2. The Bertz CT molecular complexity index is 761. The number of halogens is 2. The van der Waals surface area contributed by atoms with Gasteiger partial charge in [0, 0.05) is 16.5 Å². The lowest BCUT2D eigenvalue weighted by molar-refractivity contribution is -0.534. The van der Waals surface area contributed by atoms with Crippen LogP contribution in [0.3, 0.4) is 0 Å². The Morgan fingerprint density at radius 2 is 1.68 bits per heavy atom. The predicted molar refractivity (Wildman–Crippen MR) is 100 cm³/mol. The van der Waals surface area contributed by atoms with E-state index in [1.54, 1.807) is 0 Å². The van der Waals surface area contributed by atoms with E-state index in [1.807, 2.05) is 42.5 Å². The molecule has 0 spiro atoms. The average Bonchev–Trinajstić information content (AvgIpc) is 2.74. The van der Waals surface area contributed by atoms with E-state index in [4.69, 9.17) is 0 Å². The van der Waals surface area contributed by atoms with Crippen molar-refractivity contribution in [2.45, 2.75) is 31.4 Å². The third kappa shape index (κ3) is 3.42. The van der Waals surface area contributed by atoms with Crippen molar-refractivity contribution in [2.24, 2.45) is 0 Å². The average molecular weight is 466 g/mol. The van der Waals surface area contributed by atoms with Gasteiger partial charge in [-0.05, 0) is 43.5 Å². The molecule has 1 unspecified atom stereocenters. The zero-order valence-corrected chi connectivity index (χ0v) is 17.2. The zero-order chi connectivity index (χ0) is 16.6. The maximum atomic E-state index is 11.7. The third-order valence-electron chi connectivity index (χ3n) is 5.05. The number of aliphatic hydroxyl groups is 1. The van der Waals surface area contributed by atoms with Crippen LogP contribution in [0.1, 0.15) is 31.2 Å². The number of anilines is 1. The second-order valence-corrected chi connectivity index (χ2v) is 7.56. The molecule has 2 aliphatic heterocycles. The van der Waals surface area contributed by atoms with Gasteiger partial charge in [0.05, 0.1) is 6.54 Å². The van der Waals surface area contributed by atoms with Gasteiger partial charge in [-0.2, -0.15) is 4.90 Å². The van der Waals surface area contributed by atoms with E-state index in [9.17, 15) is 5.11 Å². The Morgan fingerprint density at radius 3 is 2.40 bits per heavy atom. The summed E-state index contributed by atoms with van der Waals surface area (Å²) in [6.07, 6.45) is 4.66. The molecule has 2 heterocycles. The minimum absolute atomic E-state index is 0. The van der Waals surface area contributed by atoms with Crippen molar-refractivity contribution in [3.05, 3.63) is 64.6 Å². The van der Waals surface area contributed by atoms with Crippen molar-refractivity contribution < 1.29 is 26.7 Å². The summed E-state index contributed by atoms with van der Waals surface area (Å²) in [4.78, 5) is 2.15. The van der Waals surface area contributed by atoms with Crippen molar-refractivity contribution >= 4 is 27.5 Å². The lowest BCUT2D eigenvalue weighted by Crippen LogP contribution is -3.00. The standard InChI is InChI=1S/C20H22BrN2O.BrH/c21-17-10-12-18(13-11-17)23-19-9-5-2-6-14-22(19)15-20(23,24)16-7-3-1-4-8-16;/h1,3-4,7-8,10-13,24H,2,5-6,9,14-15H2;1H/q+1;/p-1. The maximum Gasteiger partial charge on any atom is 0.275 e. The topological polar surface area (TPSA) is 26.5 Å². The Labute approximate surface area is 167 Å². The number of hydrogen-bond donors (Lipinski definition) is 1. The quantitative estimate of drug-likeness (QED) is 0.672. The first kappa shape index (κ1) is 18.6. The molecule has 132 valence electrons. The van der Waals surface area contributed by atoms with Gasteiger partial charge in [0.25, 0.3) is 11.6 Å². The summed E-state index contributed by atoms with van der Waals surface area (Å²) in [5, 5.41) is 11.7. The van der Waals surface area contributed by atoms with E-state index < -0.39 is 5.72 Å². The van der Waals surface area contributed by atoms with Crippen LogP contribution >= 0.6 is 15.9 Å². The molecule has 0 amide bonds. The lowest BCUT2D eigenvalue weighted by atomic mass is 10.00. The van der Waals surface area contributed by atoms with Crippen molar-refractivity contribution in [3.63, 3.8) is 0 Å². The zero-order valence-electron chi connectivity index (χ0n) is 14.0. The smallest absolute Gasteiger partial charge is 0.275 e. The summed E-state index contributed by atoms with van der Waals surface area (Å²) >= 11 is 3.51. The lowest BCUT2D eigenvalue weighted by Gasteiger charge is -2.29. The summed E-state index contributed by atoms with van der Waals surface area (Å²) in [6.45, 7) is 1.65. The van der Waals surface area contributed by atoms with Crippen LogP contribution in [0, 0.1) is 0 Å². The normalized spacial score (nSPS) is 23.0. The first-order chi connectivity index (χ1) is 11.7. The van der Waals surface area contributed by atoms with Gasteiger partial charge in [-0.15, -0.1) is 0 Å². The molecular formula is C20H22Br2N2O. The van der Waals surface area contributed by atoms with Gasteiger partial charge in [-0.25, -0.2) is 0 Å². The Kier molecular flexibility index (Phi) is 5.66. The van der Waals surface area contributed by atoms with Gasteiger partial charge in [-0.1, -0.05) is 46.3 Å². The number of benzene rings is 2. The summed E-state index contributed by atoms with van der Waals surface area (Å²) in [7, 11) is 0. The van der Waals surface area contributed by atoms with Crippen LogP contribution in [-0.2, 0) is 5.72 Å². The Hall–Kier alpha value is -1.17. The third-order valence-corrected chi connectivity index (χ3v) is 5.58. The maximum absolute atomic E-state index is 11.7. The van der Waals surface area contributed by atoms with Crippen molar-refractivity contribution in [2.75, 3.05) is 18.0 Å². The van der Waals surface area contributed by atoms with Gasteiger partial charge in [0.15, 0.2) is 6.54 Å². The fraction of sp³-hybridized carbons (Fsp3) is 0.350. The van der Waals surface area contributed by atoms with Crippen LogP contribution in [-0.4, -0.2) is 28.6 Å². The molecule has 0 aromatic heterocycles. The van der Waals surface area contributed by atoms with Crippen molar-refractivity contribution in [3.8, 4) is 0 Å². The Balaban J connectivity index is 0.00000182. The van der Waals surface area contributed by atoms with Crippen LogP contribution in [0.2, 0.25) is 0 Å². The van der Waals surface area contributed by atoms with E-state index in [0.29, 0.717) is 6.54 Å². The van der Waals surface area contributed by atoms with Crippen LogP contribution in [0.25, 0.3) is 0 Å². The van der Waals surface area contributed by atoms with Crippen molar-refractivity contribution in [1.29, 1.82) is 0 Å². The highest BCUT2D eigenvalue weighted by Gasteiger charge is 2.53. The first-order valence-corrected chi connectivity index (χ1v) is 9.42. The van der Waals surface area contributed by atoms with Gasteiger partial charge < -0.3 is 22.1 Å². The summed E-state index contributed by atoms with van der Waals surface area (Å²) in [5.74, 6) is 1.25. The molecule has 0 radical (unpaired) electrons. The molecule has 0 fully saturated rings. The summed E-state index contributed by atoms with van der Waals surface area (Å²) in [6, 6.07) is 18.3. The highest BCUT2D eigenvalue weighted by atomic mass is 79.9. The van der Waals surface area contributed by atoms with Crippen molar-refractivity contribution in [1.82, 2.24) is 0 Å². The minimum Gasteiger partial charge on any atom is -1.00 e. The monoisotopic (exact) mass is 464 g/mol. The number of rotatable bonds is 2. The van der Waals surface area contributed by atoms with Gasteiger partial charge in [0.1, 0.15) is 5.69 Å². The molecule has 0 aliphatic carbocycles. The molecular weight excluding hydrogens is 444 g/mol. The number of amidine groups is 1. The molecule has 1 N–H and O–H groups in total. The molecule has 2 aromatic carbocycles. The van der Waals surface area contributed by atoms with E-state index in [2.05, 4.69) is 37.5 Å². The SMILES string of the molecule is OC1(c2ccccc2)C[N+]2=C(CCCCC2)N1c1ccc(Br)cc1.[Br-]. The molecule has 1 atom stereocenters. The fourth-order valence-electron chi connectivity index (χ4n) is 3.90. The largest absolute Gasteiger partial charge is 1.00 e.